The zero-order valence-corrected chi connectivity index (χ0v) is 8.60. The maximum Gasteiger partial charge on any atom is 0.255 e. The van der Waals surface area contributed by atoms with Crippen molar-refractivity contribution in [2.24, 2.45) is 5.73 Å². The summed E-state index contributed by atoms with van der Waals surface area (Å²) in [7, 11) is 0. The summed E-state index contributed by atoms with van der Waals surface area (Å²) in [5, 5.41) is 0.493. The summed E-state index contributed by atoms with van der Waals surface area (Å²) in [6, 6.07) is 2.95. The van der Waals surface area contributed by atoms with E-state index < -0.39 is 5.91 Å². The molecule has 0 aliphatic heterocycles. The predicted molar refractivity (Wildman–Crippen MR) is 55.6 cm³/mol. The Morgan fingerprint density at radius 3 is 2.29 bits per heavy atom. The molecule has 4 nitrogen and oxygen atoms in total. The molecule has 0 atom stereocenters. The van der Waals surface area contributed by atoms with E-state index >= 15 is 0 Å². The summed E-state index contributed by atoms with van der Waals surface area (Å²) < 4.78 is 4.99. The number of anilines is 1. The Kier molecular flexibility index (Phi) is 3.43. The molecular weight excluding hydrogens is 227 g/mol. The molecule has 0 saturated heterocycles. The second kappa shape index (κ2) is 4.39. The molecule has 0 unspecified atom stereocenters. The molecular formula is C8H8Cl2N2O2. The van der Waals surface area contributed by atoms with Crippen molar-refractivity contribution in [1.29, 1.82) is 0 Å². The van der Waals surface area contributed by atoms with E-state index in [0.717, 1.165) is 0 Å². The van der Waals surface area contributed by atoms with Crippen LogP contribution in [0.1, 0.15) is 0 Å². The van der Waals surface area contributed by atoms with Gasteiger partial charge < -0.3 is 16.2 Å². The molecule has 1 rings (SSSR count). The number of nitrogen functional groups attached to an aromatic ring is 1. The molecule has 76 valence electrons. The van der Waals surface area contributed by atoms with E-state index in [2.05, 4.69) is 0 Å². The molecule has 1 amide bonds. The molecule has 1 aromatic carbocycles. The number of rotatable bonds is 3. The minimum atomic E-state index is -0.603. The zero-order chi connectivity index (χ0) is 10.7. The lowest BCUT2D eigenvalue weighted by atomic mass is 10.3. The smallest absolute Gasteiger partial charge is 0.255 e. The Morgan fingerprint density at radius 2 is 1.86 bits per heavy atom. The number of amides is 1. The van der Waals surface area contributed by atoms with Crippen LogP contribution < -0.4 is 16.2 Å². The van der Waals surface area contributed by atoms with Gasteiger partial charge in [-0.2, -0.15) is 0 Å². The van der Waals surface area contributed by atoms with Crippen LogP contribution in [0.15, 0.2) is 12.1 Å². The number of hydrogen-bond donors (Lipinski definition) is 2. The first-order valence-corrected chi connectivity index (χ1v) is 4.42. The highest BCUT2D eigenvalue weighted by Gasteiger charge is 2.09. The predicted octanol–water partition coefficient (Wildman–Crippen LogP) is 1.44. The lowest BCUT2D eigenvalue weighted by Gasteiger charge is -2.08. The van der Waals surface area contributed by atoms with Gasteiger partial charge in [-0.25, -0.2) is 0 Å². The summed E-state index contributed by atoms with van der Waals surface area (Å²) in [5.41, 5.74) is 10.8. The fourth-order valence-corrected chi connectivity index (χ4v) is 1.47. The number of benzene rings is 1. The van der Waals surface area contributed by atoms with Crippen LogP contribution in [0.4, 0.5) is 5.69 Å². The largest absolute Gasteiger partial charge is 0.481 e. The molecule has 14 heavy (non-hydrogen) atoms. The van der Waals surface area contributed by atoms with Crippen molar-refractivity contribution >= 4 is 34.8 Å². The summed E-state index contributed by atoms with van der Waals surface area (Å²) in [6.07, 6.45) is 0. The van der Waals surface area contributed by atoms with Gasteiger partial charge in [-0.3, -0.25) is 4.79 Å². The molecule has 0 heterocycles. The number of carbonyl (C=O) groups excluding carboxylic acids is 1. The van der Waals surface area contributed by atoms with E-state index in [1.807, 2.05) is 0 Å². The third kappa shape index (κ3) is 2.68. The molecule has 0 aliphatic carbocycles. The van der Waals surface area contributed by atoms with Crippen LogP contribution in [-0.4, -0.2) is 12.5 Å². The van der Waals surface area contributed by atoms with Gasteiger partial charge in [0.1, 0.15) is 0 Å². The van der Waals surface area contributed by atoms with Gasteiger partial charge in [-0.1, -0.05) is 23.2 Å². The van der Waals surface area contributed by atoms with Gasteiger partial charge in [-0.05, 0) is 12.1 Å². The first-order chi connectivity index (χ1) is 6.50. The Balaban J connectivity index is 2.91. The third-order valence-corrected chi connectivity index (χ3v) is 1.94. The third-order valence-electron chi connectivity index (χ3n) is 1.38. The lowest BCUT2D eigenvalue weighted by molar-refractivity contribution is -0.119. The minimum absolute atomic E-state index is 0.210. The molecule has 0 radical (unpaired) electrons. The molecule has 4 N–H and O–H groups in total. The average Bonchev–Trinajstić information content (AvgIpc) is 2.01. The minimum Gasteiger partial charge on any atom is -0.481 e. The SMILES string of the molecule is NC(=O)COc1c(Cl)cc(N)cc1Cl. The van der Waals surface area contributed by atoms with Crippen LogP contribution in [0.3, 0.4) is 0 Å². The van der Waals surface area contributed by atoms with Crippen molar-refractivity contribution < 1.29 is 9.53 Å². The zero-order valence-electron chi connectivity index (χ0n) is 7.09. The Morgan fingerprint density at radius 1 is 1.36 bits per heavy atom. The van der Waals surface area contributed by atoms with Crippen LogP contribution in [0.5, 0.6) is 5.75 Å². The molecule has 0 fully saturated rings. The quantitative estimate of drug-likeness (QED) is 0.778. The van der Waals surface area contributed by atoms with Gasteiger partial charge in [0, 0.05) is 5.69 Å². The Hall–Kier alpha value is -1.13. The number of primary amides is 1. The van der Waals surface area contributed by atoms with Crippen molar-refractivity contribution in [3.05, 3.63) is 22.2 Å². The number of ether oxygens (including phenoxy) is 1. The molecule has 0 saturated carbocycles. The monoisotopic (exact) mass is 234 g/mol. The van der Waals surface area contributed by atoms with Gasteiger partial charge in [0.15, 0.2) is 12.4 Å². The van der Waals surface area contributed by atoms with E-state index in [0.29, 0.717) is 5.69 Å². The maximum absolute atomic E-state index is 10.4. The second-order valence-corrected chi connectivity index (χ2v) is 3.38. The van der Waals surface area contributed by atoms with E-state index in [-0.39, 0.29) is 22.4 Å². The fraction of sp³-hybridized carbons (Fsp3) is 0.125. The number of halogens is 2. The Labute approximate surface area is 90.7 Å². The topological polar surface area (TPSA) is 78.3 Å². The van der Waals surface area contributed by atoms with Crippen molar-refractivity contribution in [3.8, 4) is 5.75 Å². The highest BCUT2D eigenvalue weighted by atomic mass is 35.5. The van der Waals surface area contributed by atoms with Gasteiger partial charge in [0.25, 0.3) is 5.91 Å². The van der Waals surface area contributed by atoms with Gasteiger partial charge >= 0.3 is 0 Å². The molecule has 0 aromatic heterocycles. The first kappa shape index (κ1) is 10.9. The number of carbonyl (C=O) groups is 1. The van der Waals surface area contributed by atoms with Crippen LogP contribution >= 0.6 is 23.2 Å². The molecule has 1 aromatic rings. The van der Waals surface area contributed by atoms with Crippen LogP contribution in [-0.2, 0) is 4.79 Å². The average molecular weight is 235 g/mol. The summed E-state index contributed by atoms with van der Waals surface area (Å²) in [6.45, 7) is -0.274. The lowest BCUT2D eigenvalue weighted by Crippen LogP contribution is -2.20. The van der Waals surface area contributed by atoms with E-state index in [1.165, 1.54) is 12.1 Å². The van der Waals surface area contributed by atoms with Crippen LogP contribution in [0.2, 0.25) is 10.0 Å². The highest BCUT2D eigenvalue weighted by Crippen LogP contribution is 2.34. The second-order valence-electron chi connectivity index (χ2n) is 2.57. The summed E-state index contributed by atoms with van der Waals surface area (Å²) in [5.74, 6) is -0.393. The first-order valence-electron chi connectivity index (χ1n) is 3.66. The van der Waals surface area contributed by atoms with Crippen molar-refractivity contribution in [2.75, 3.05) is 12.3 Å². The normalized spacial score (nSPS) is 9.86. The van der Waals surface area contributed by atoms with Crippen molar-refractivity contribution in [1.82, 2.24) is 0 Å². The summed E-state index contributed by atoms with van der Waals surface area (Å²) >= 11 is 11.6. The number of hydrogen-bond acceptors (Lipinski definition) is 3. The highest BCUT2D eigenvalue weighted by molar-refractivity contribution is 6.37. The molecule has 0 bridgehead atoms. The van der Waals surface area contributed by atoms with E-state index in [9.17, 15) is 4.79 Å². The van der Waals surface area contributed by atoms with Crippen molar-refractivity contribution in [2.45, 2.75) is 0 Å². The molecule has 0 spiro atoms. The molecule has 6 heteroatoms. The van der Waals surface area contributed by atoms with Gasteiger partial charge in [0.2, 0.25) is 0 Å². The van der Waals surface area contributed by atoms with Gasteiger partial charge in [-0.15, -0.1) is 0 Å². The Bertz CT molecular complexity index is 345. The van der Waals surface area contributed by atoms with Crippen LogP contribution in [0.25, 0.3) is 0 Å². The van der Waals surface area contributed by atoms with Crippen LogP contribution in [0, 0.1) is 0 Å². The maximum atomic E-state index is 10.4. The van der Waals surface area contributed by atoms with E-state index in [1.54, 1.807) is 0 Å². The summed E-state index contributed by atoms with van der Waals surface area (Å²) in [4.78, 5) is 10.4. The standard InChI is InChI=1S/C8H8Cl2N2O2/c9-5-1-4(11)2-6(10)8(5)14-3-7(12)13/h1-2H,3,11H2,(H2,12,13). The fourth-order valence-electron chi connectivity index (χ4n) is 0.861. The van der Waals surface area contributed by atoms with E-state index in [4.69, 9.17) is 39.4 Å². The van der Waals surface area contributed by atoms with Gasteiger partial charge in [0.05, 0.1) is 10.0 Å². The number of nitrogens with two attached hydrogens (primary N) is 2. The molecule has 0 aliphatic rings. The van der Waals surface area contributed by atoms with Crippen molar-refractivity contribution in [3.63, 3.8) is 0 Å².